The summed E-state index contributed by atoms with van der Waals surface area (Å²) in [5, 5.41) is 1.03. The Kier molecular flexibility index (Phi) is 5.11. The van der Waals surface area contributed by atoms with Gasteiger partial charge < -0.3 is 9.47 Å². The van der Waals surface area contributed by atoms with Gasteiger partial charge in [-0.25, -0.2) is 4.98 Å². The van der Waals surface area contributed by atoms with Crippen LogP contribution in [0, 0.1) is 6.92 Å². The summed E-state index contributed by atoms with van der Waals surface area (Å²) in [7, 11) is 1.84. The molecule has 0 saturated carbocycles. The van der Waals surface area contributed by atoms with Gasteiger partial charge in [0.1, 0.15) is 5.69 Å². The zero-order chi connectivity index (χ0) is 16.9. The van der Waals surface area contributed by atoms with E-state index in [1.54, 1.807) is 16.2 Å². The Bertz CT molecular complexity index is 807. The summed E-state index contributed by atoms with van der Waals surface area (Å²) in [6.45, 7) is 3.37. The van der Waals surface area contributed by atoms with Crippen LogP contribution < -0.4 is 0 Å². The molecule has 1 amide bonds. The van der Waals surface area contributed by atoms with Crippen molar-refractivity contribution in [3.05, 3.63) is 76.0 Å². The maximum atomic E-state index is 12.7. The van der Waals surface area contributed by atoms with Gasteiger partial charge in [0.15, 0.2) is 0 Å². The maximum absolute atomic E-state index is 12.7. The van der Waals surface area contributed by atoms with E-state index in [0.717, 1.165) is 28.5 Å². The first-order chi connectivity index (χ1) is 11.6. The summed E-state index contributed by atoms with van der Waals surface area (Å²) < 4.78 is 2.03. The van der Waals surface area contributed by atoms with Gasteiger partial charge in [-0.2, -0.15) is 0 Å². The molecule has 0 saturated heterocycles. The molecule has 0 radical (unpaired) electrons. The molecular weight excluding hydrogens is 318 g/mol. The minimum atomic E-state index is 0.0408. The van der Waals surface area contributed by atoms with Crippen molar-refractivity contribution in [1.82, 2.24) is 14.5 Å². The lowest BCUT2D eigenvalue weighted by Crippen LogP contribution is -2.28. The smallest absolute Gasteiger partial charge is 0.270 e. The Labute approximate surface area is 146 Å². The van der Waals surface area contributed by atoms with Crippen molar-refractivity contribution in [2.45, 2.75) is 26.4 Å². The summed E-state index contributed by atoms with van der Waals surface area (Å²) in [6, 6.07) is 14.2. The van der Waals surface area contributed by atoms with Gasteiger partial charge in [-0.3, -0.25) is 4.79 Å². The second-order valence-corrected chi connectivity index (χ2v) is 7.15. The van der Waals surface area contributed by atoms with Gasteiger partial charge in [0.25, 0.3) is 5.91 Å². The van der Waals surface area contributed by atoms with E-state index in [9.17, 15) is 4.79 Å². The van der Waals surface area contributed by atoms with Gasteiger partial charge in [0.05, 0.1) is 11.6 Å². The van der Waals surface area contributed by atoms with E-state index in [2.05, 4.69) is 17.1 Å². The van der Waals surface area contributed by atoms with Crippen LogP contribution >= 0.6 is 11.3 Å². The highest BCUT2D eigenvalue weighted by molar-refractivity contribution is 7.11. The number of amides is 1. The Morgan fingerprint density at radius 3 is 2.71 bits per heavy atom. The second kappa shape index (κ2) is 7.45. The molecule has 5 heteroatoms. The summed E-state index contributed by atoms with van der Waals surface area (Å²) in [5.74, 6) is 0.0408. The maximum Gasteiger partial charge on any atom is 0.270 e. The Morgan fingerprint density at radius 1 is 1.21 bits per heavy atom. The normalized spacial score (nSPS) is 10.8. The fourth-order valence-corrected chi connectivity index (χ4v) is 3.53. The Morgan fingerprint density at radius 2 is 2.00 bits per heavy atom. The van der Waals surface area contributed by atoms with Crippen LogP contribution in [0.2, 0.25) is 0 Å². The summed E-state index contributed by atoms with van der Waals surface area (Å²) in [4.78, 5) is 19.8. The molecule has 0 spiro atoms. The van der Waals surface area contributed by atoms with Crippen LogP contribution in [-0.2, 0) is 19.5 Å². The number of rotatable bonds is 6. The Balaban J connectivity index is 1.66. The zero-order valence-electron chi connectivity index (χ0n) is 14.0. The molecule has 2 heterocycles. The SMILES string of the molecule is Cc1ncc(CN(C)C(=O)c2cccn2CCc2ccccc2)s1. The molecule has 0 unspecified atom stereocenters. The highest BCUT2D eigenvalue weighted by Crippen LogP contribution is 2.15. The number of benzene rings is 1. The van der Waals surface area contributed by atoms with Gasteiger partial charge >= 0.3 is 0 Å². The van der Waals surface area contributed by atoms with E-state index in [-0.39, 0.29) is 5.91 Å². The summed E-state index contributed by atoms with van der Waals surface area (Å²) in [6.07, 6.45) is 4.73. The molecule has 124 valence electrons. The minimum absolute atomic E-state index is 0.0408. The topological polar surface area (TPSA) is 38.1 Å². The Hall–Kier alpha value is -2.40. The molecule has 3 rings (SSSR count). The number of hydrogen-bond acceptors (Lipinski definition) is 3. The molecule has 1 aromatic carbocycles. The quantitative estimate of drug-likeness (QED) is 0.686. The molecule has 0 atom stereocenters. The van der Waals surface area contributed by atoms with Crippen LogP contribution in [0.15, 0.2) is 54.9 Å². The molecule has 3 aromatic rings. The number of thiazole rings is 1. The van der Waals surface area contributed by atoms with E-state index in [4.69, 9.17) is 0 Å². The van der Waals surface area contributed by atoms with Crippen LogP contribution in [-0.4, -0.2) is 27.4 Å². The molecule has 2 aromatic heterocycles. The van der Waals surface area contributed by atoms with Gasteiger partial charge in [-0.05, 0) is 31.0 Å². The van der Waals surface area contributed by atoms with Gasteiger partial charge in [-0.15, -0.1) is 11.3 Å². The van der Waals surface area contributed by atoms with Crippen molar-refractivity contribution in [2.75, 3.05) is 7.05 Å². The minimum Gasteiger partial charge on any atom is -0.343 e. The summed E-state index contributed by atoms with van der Waals surface area (Å²) >= 11 is 1.63. The standard InChI is InChI=1S/C19H21N3OS/c1-15-20-13-17(24-15)14-21(2)19(23)18-9-6-11-22(18)12-10-16-7-4-3-5-8-16/h3-9,11,13H,10,12,14H2,1-2H3. The lowest BCUT2D eigenvalue weighted by atomic mass is 10.1. The second-order valence-electron chi connectivity index (χ2n) is 5.83. The predicted octanol–water partition coefficient (Wildman–Crippen LogP) is 3.77. The third-order valence-corrected chi connectivity index (χ3v) is 4.84. The molecule has 24 heavy (non-hydrogen) atoms. The van der Waals surface area contributed by atoms with Crippen LogP contribution in [0.4, 0.5) is 0 Å². The number of hydrogen-bond donors (Lipinski definition) is 0. The van der Waals surface area contributed by atoms with Crippen molar-refractivity contribution in [2.24, 2.45) is 0 Å². The average molecular weight is 339 g/mol. The lowest BCUT2D eigenvalue weighted by molar-refractivity contribution is 0.0775. The fourth-order valence-electron chi connectivity index (χ4n) is 2.68. The van der Waals surface area contributed by atoms with Crippen molar-refractivity contribution >= 4 is 17.2 Å². The number of carbonyl (C=O) groups excluding carboxylic acids is 1. The van der Waals surface area contributed by atoms with Gasteiger partial charge in [0.2, 0.25) is 0 Å². The van der Waals surface area contributed by atoms with E-state index < -0.39 is 0 Å². The molecule has 4 nitrogen and oxygen atoms in total. The summed E-state index contributed by atoms with van der Waals surface area (Å²) in [5.41, 5.74) is 2.01. The van der Waals surface area contributed by atoms with Crippen LogP contribution in [0.25, 0.3) is 0 Å². The lowest BCUT2D eigenvalue weighted by Gasteiger charge is -2.17. The van der Waals surface area contributed by atoms with Crippen molar-refractivity contribution < 1.29 is 4.79 Å². The van der Waals surface area contributed by atoms with Crippen molar-refractivity contribution in [3.8, 4) is 0 Å². The first-order valence-electron chi connectivity index (χ1n) is 7.99. The molecule has 0 N–H and O–H groups in total. The van der Waals surface area contributed by atoms with E-state index >= 15 is 0 Å². The molecule has 0 fully saturated rings. The monoisotopic (exact) mass is 339 g/mol. The zero-order valence-corrected chi connectivity index (χ0v) is 14.8. The largest absolute Gasteiger partial charge is 0.343 e. The molecule has 0 aliphatic rings. The number of aromatic nitrogens is 2. The molecule has 0 aliphatic heterocycles. The average Bonchev–Trinajstić information content (AvgIpc) is 3.22. The predicted molar refractivity (Wildman–Crippen MR) is 97.2 cm³/mol. The number of aryl methyl sites for hydroxylation is 3. The first kappa shape index (κ1) is 16.5. The highest BCUT2D eigenvalue weighted by Gasteiger charge is 2.16. The molecule has 0 aliphatic carbocycles. The number of nitrogens with zero attached hydrogens (tertiary/aromatic N) is 3. The van der Waals surface area contributed by atoms with Crippen molar-refractivity contribution in [1.29, 1.82) is 0 Å². The highest BCUT2D eigenvalue weighted by atomic mass is 32.1. The third kappa shape index (κ3) is 3.92. The first-order valence-corrected chi connectivity index (χ1v) is 8.81. The van der Waals surface area contributed by atoms with Gasteiger partial charge in [0, 0.05) is 30.9 Å². The van der Waals surface area contributed by atoms with Crippen LogP contribution in [0.1, 0.15) is 25.9 Å². The van der Waals surface area contributed by atoms with Crippen LogP contribution in [0.3, 0.4) is 0 Å². The number of carbonyl (C=O) groups is 1. The van der Waals surface area contributed by atoms with E-state index in [0.29, 0.717) is 6.54 Å². The van der Waals surface area contributed by atoms with Crippen LogP contribution in [0.5, 0.6) is 0 Å². The molecule has 0 bridgehead atoms. The van der Waals surface area contributed by atoms with Gasteiger partial charge in [-0.1, -0.05) is 30.3 Å². The fraction of sp³-hybridized carbons (Fsp3) is 0.263. The molecular formula is C19H21N3OS. The van der Waals surface area contributed by atoms with E-state index in [1.165, 1.54) is 5.56 Å². The van der Waals surface area contributed by atoms with Crippen molar-refractivity contribution in [3.63, 3.8) is 0 Å². The third-order valence-electron chi connectivity index (χ3n) is 3.94. The van der Waals surface area contributed by atoms with E-state index in [1.807, 2.05) is 61.3 Å².